The minimum absolute atomic E-state index is 0.0198. The van der Waals surface area contributed by atoms with Crippen LogP contribution in [0.15, 0.2) is 28.7 Å². The number of carbonyl (C=O) groups excluding carboxylic acids is 1. The molecule has 3 heterocycles. The first-order valence-corrected chi connectivity index (χ1v) is 11.7. The Labute approximate surface area is 208 Å². The number of amides is 1. The van der Waals surface area contributed by atoms with E-state index in [0.717, 1.165) is 26.1 Å². The van der Waals surface area contributed by atoms with Crippen LogP contribution < -0.4 is 5.32 Å². The highest BCUT2D eigenvalue weighted by molar-refractivity contribution is 9.10. The Balaban J connectivity index is 1.68. The van der Waals surface area contributed by atoms with Gasteiger partial charge in [0.1, 0.15) is 10.8 Å². The Hall–Kier alpha value is -2.53. The Morgan fingerprint density at radius 2 is 1.91 bits per heavy atom. The average Bonchev–Trinajstić information content (AvgIpc) is 3.23. The zero-order chi connectivity index (χ0) is 24.9. The molecule has 1 aliphatic heterocycles. The predicted molar refractivity (Wildman–Crippen MR) is 126 cm³/mol. The third-order valence-electron chi connectivity index (χ3n) is 6.17. The molecule has 2 aromatic heterocycles. The maximum atomic E-state index is 14.0. The lowest BCUT2D eigenvalue weighted by Gasteiger charge is -2.33. The minimum atomic E-state index is -4.57. The molecule has 2 atom stereocenters. The van der Waals surface area contributed by atoms with Gasteiger partial charge < -0.3 is 10.2 Å². The molecule has 1 aromatic carbocycles. The number of nitrogens with one attached hydrogen (secondary N) is 1. The molecule has 12 heteroatoms. The topological polar surface area (TPSA) is 68.0 Å². The second-order valence-electron chi connectivity index (χ2n) is 8.43. The SMILES string of the molecule is Cc1nn(C)c(C)c1CN(C)C(=O)c1nn2c(c1Cl)NC(c1ccc(Br)cc1)CC2C(F)(F)F. The van der Waals surface area contributed by atoms with Gasteiger partial charge >= 0.3 is 6.18 Å². The third-order valence-corrected chi connectivity index (χ3v) is 7.06. The molecule has 7 nitrogen and oxygen atoms in total. The summed E-state index contributed by atoms with van der Waals surface area (Å²) in [6.45, 7) is 3.94. The zero-order valence-electron chi connectivity index (χ0n) is 18.9. The average molecular weight is 560 g/mol. The van der Waals surface area contributed by atoms with Crippen molar-refractivity contribution in [2.45, 2.75) is 45.1 Å². The van der Waals surface area contributed by atoms with Gasteiger partial charge in [0.15, 0.2) is 11.7 Å². The lowest BCUT2D eigenvalue weighted by molar-refractivity contribution is -0.173. The van der Waals surface area contributed by atoms with E-state index in [1.54, 1.807) is 43.0 Å². The van der Waals surface area contributed by atoms with Gasteiger partial charge in [0.05, 0.1) is 11.7 Å². The molecule has 1 amide bonds. The van der Waals surface area contributed by atoms with Crippen LogP contribution in [0.3, 0.4) is 0 Å². The van der Waals surface area contributed by atoms with Crippen molar-refractivity contribution in [2.24, 2.45) is 7.05 Å². The van der Waals surface area contributed by atoms with E-state index in [1.165, 1.54) is 4.90 Å². The number of aryl methyl sites for hydroxylation is 2. The molecule has 0 saturated carbocycles. The van der Waals surface area contributed by atoms with Gasteiger partial charge in [-0.1, -0.05) is 39.7 Å². The number of hydrogen-bond acceptors (Lipinski definition) is 4. The Kier molecular flexibility index (Phi) is 6.45. The van der Waals surface area contributed by atoms with Gasteiger partial charge in [-0.15, -0.1) is 0 Å². The quantitative estimate of drug-likeness (QED) is 0.453. The van der Waals surface area contributed by atoms with E-state index in [-0.39, 0.29) is 29.5 Å². The molecule has 0 saturated heterocycles. The van der Waals surface area contributed by atoms with Gasteiger partial charge in [0.2, 0.25) is 0 Å². The fraction of sp³-hybridized carbons (Fsp3) is 0.409. The van der Waals surface area contributed by atoms with E-state index in [2.05, 4.69) is 31.4 Å². The van der Waals surface area contributed by atoms with Crippen LogP contribution in [0, 0.1) is 13.8 Å². The van der Waals surface area contributed by atoms with E-state index in [0.29, 0.717) is 5.56 Å². The molecular weight excluding hydrogens is 537 g/mol. The van der Waals surface area contributed by atoms with E-state index in [4.69, 9.17) is 11.6 Å². The Morgan fingerprint density at radius 1 is 1.26 bits per heavy atom. The van der Waals surface area contributed by atoms with Crippen LogP contribution in [0.2, 0.25) is 5.02 Å². The van der Waals surface area contributed by atoms with Gasteiger partial charge in [-0.3, -0.25) is 9.48 Å². The molecule has 0 radical (unpaired) electrons. The van der Waals surface area contributed by atoms with Crippen molar-refractivity contribution in [1.82, 2.24) is 24.5 Å². The largest absolute Gasteiger partial charge is 0.410 e. The fourth-order valence-electron chi connectivity index (χ4n) is 4.18. The maximum absolute atomic E-state index is 14.0. The second kappa shape index (κ2) is 8.92. The van der Waals surface area contributed by atoms with E-state index in [1.807, 2.05) is 13.8 Å². The highest BCUT2D eigenvalue weighted by Crippen LogP contribution is 2.46. The summed E-state index contributed by atoms with van der Waals surface area (Å²) >= 11 is 9.79. The van der Waals surface area contributed by atoms with Crippen LogP contribution in [0.1, 0.15) is 51.5 Å². The van der Waals surface area contributed by atoms with Crippen molar-refractivity contribution in [2.75, 3.05) is 12.4 Å². The van der Waals surface area contributed by atoms with Crippen molar-refractivity contribution in [3.63, 3.8) is 0 Å². The number of halogens is 5. The fourth-order valence-corrected chi connectivity index (χ4v) is 4.70. The lowest BCUT2D eigenvalue weighted by atomic mass is 9.97. The van der Waals surface area contributed by atoms with Crippen molar-refractivity contribution in [3.05, 3.63) is 62.0 Å². The van der Waals surface area contributed by atoms with Gasteiger partial charge in [-0.25, -0.2) is 4.68 Å². The summed E-state index contributed by atoms with van der Waals surface area (Å²) in [6.07, 6.45) is -4.86. The summed E-state index contributed by atoms with van der Waals surface area (Å²) in [7, 11) is 3.36. The molecule has 182 valence electrons. The normalized spacial score (nSPS) is 17.9. The molecule has 1 aliphatic rings. The number of alkyl halides is 3. The predicted octanol–water partition coefficient (Wildman–Crippen LogP) is 5.58. The Bertz CT molecular complexity index is 1240. The number of anilines is 1. The first-order chi connectivity index (χ1) is 15.9. The Morgan fingerprint density at radius 3 is 2.47 bits per heavy atom. The first-order valence-electron chi connectivity index (χ1n) is 10.5. The lowest BCUT2D eigenvalue weighted by Crippen LogP contribution is -2.36. The first kappa shape index (κ1) is 24.6. The second-order valence-corrected chi connectivity index (χ2v) is 9.73. The smallest absolute Gasteiger partial charge is 0.362 e. The van der Waals surface area contributed by atoms with Crippen LogP contribution in [0.5, 0.6) is 0 Å². The minimum Gasteiger partial charge on any atom is -0.362 e. The number of benzene rings is 1. The summed E-state index contributed by atoms with van der Waals surface area (Å²) in [5.74, 6) is -0.592. The highest BCUT2D eigenvalue weighted by Gasteiger charge is 2.48. The van der Waals surface area contributed by atoms with E-state index >= 15 is 0 Å². The molecule has 4 rings (SSSR count). The zero-order valence-corrected chi connectivity index (χ0v) is 21.3. The van der Waals surface area contributed by atoms with Gasteiger partial charge in [0, 0.05) is 42.8 Å². The standard InChI is InChI=1S/C22H23BrClF3N6O/c1-11-15(12(2)32(4)29-11)10-31(3)21(34)19-18(24)20-28-16(13-5-7-14(23)8-6-13)9-17(22(25,26)27)33(20)30-19/h5-8,16-17,28H,9-10H2,1-4H3. The van der Waals surface area contributed by atoms with E-state index in [9.17, 15) is 18.0 Å². The van der Waals surface area contributed by atoms with Gasteiger partial charge in [-0.2, -0.15) is 23.4 Å². The number of rotatable bonds is 4. The van der Waals surface area contributed by atoms with Crippen LogP contribution in [-0.4, -0.2) is 43.6 Å². The van der Waals surface area contributed by atoms with Crippen LogP contribution in [0.25, 0.3) is 0 Å². The number of aromatic nitrogens is 4. The molecule has 34 heavy (non-hydrogen) atoms. The molecule has 0 spiro atoms. The summed E-state index contributed by atoms with van der Waals surface area (Å²) in [5.41, 5.74) is 2.97. The molecular formula is C22H23BrClF3N6O. The summed E-state index contributed by atoms with van der Waals surface area (Å²) in [6, 6.07) is 4.44. The van der Waals surface area contributed by atoms with Crippen LogP contribution in [0.4, 0.5) is 19.0 Å². The molecule has 3 aromatic rings. The van der Waals surface area contributed by atoms with Crippen LogP contribution in [-0.2, 0) is 13.6 Å². The molecule has 0 fully saturated rings. The van der Waals surface area contributed by atoms with Crippen molar-refractivity contribution in [1.29, 1.82) is 0 Å². The van der Waals surface area contributed by atoms with Gasteiger partial charge in [-0.05, 0) is 31.5 Å². The van der Waals surface area contributed by atoms with E-state index < -0.39 is 24.2 Å². The number of nitrogens with zero attached hydrogens (tertiary/aromatic N) is 5. The molecule has 2 unspecified atom stereocenters. The molecule has 0 aliphatic carbocycles. The van der Waals surface area contributed by atoms with Crippen LogP contribution >= 0.6 is 27.5 Å². The van der Waals surface area contributed by atoms with Crippen molar-refractivity contribution in [3.8, 4) is 0 Å². The molecule has 1 N–H and O–H groups in total. The van der Waals surface area contributed by atoms with Crippen molar-refractivity contribution >= 4 is 39.3 Å². The van der Waals surface area contributed by atoms with Gasteiger partial charge in [0.25, 0.3) is 5.91 Å². The highest BCUT2D eigenvalue weighted by atomic mass is 79.9. The molecule has 0 bridgehead atoms. The summed E-state index contributed by atoms with van der Waals surface area (Å²) < 4.78 is 45.3. The summed E-state index contributed by atoms with van der Waals surface area (Å²) in [4.78, 5) is 14.6. The number of fused-ring (bicyclic) bond motifs is 1. The maximum Gasteiger partial charge on any atom is 0.410 e. The summed E-state index contributed by atoms with van der Waals surface area (Å²) in [5, 5.41) is 11.3. The monoisotopic (exact) mass is 558 g/mol. The third kappa shape index (κ3) is 4.43. The number of hydrogen-bond donors (Lipinski definition) is 1. The number of carbonyl (C=O) groups is 1. The van der Waals surface area contributed by atoms with Crippen molar-refractivity contribution < 1.29 is 18.0 Å².